The van der Waals surface area contributed by atoms with Crippen LogP contribution in [0.3, 0.4) is 0 Å². The molecule has 0 radical (unpaired) electrons. The van der Waals surface area contributed by atoms with E-state index in [4.69, 9.17) is 15.5 Å². The number of nitrogens with two attached hydrogens (primary N) is 1. The Bertz CT molecular complexity index is 681. The quantitative estimate of drug-likeness (QED) is 0.911. The molecule has 0 spiro atoms. The van der Waals surface area contributed by atoms with Crippen LogP contribution in [0.1, 0.15) is 41.6 Å². The number of fused-ring (bicyclic) bond motifs is 1. The van der Waals surface area contributed by atoms with Crippen LogP contribution in [0, 0.1) is 11.3 Å². The summed E-state index contributed by atoms with van der Waals surface area (Å²) >= 11 is 1.48. The van der Waals surface area contributed by atoms with Gasteiger partial charge in [0, 0.05) is 17.3 Å². The van der Waals surface area contributed by atoms with Crippen molar-refractivity contribution < 1.29 is 4.52 Å². The minimum absolute atomic E-state index is 0.246. The first-order valence-corrected chi connectivity index (χ1v) is 7.30. The molecule has 0 amide bonds. The van der Waals surface area contributed by atoms with E-state index in [9.17, 15) is 0 Å². The highest BCUT2D eigenvalue weighted by Gasteiger charge is 2.26. The second-order valence-electron chi connectivity index (χ2n) is 5.12. The summed E-state index contributed by atoms with van der Waals surface area (Å²) in [5, 5.41) is 13.7. The van der Waals surface area contributed by atoms with Crippen molar-refractivity contribution in [3.8, 4) is 6.07 Å². The average Bonchev–Trinajstić information content (AvgIpc) is 3.00. The van der Waals surface area contributed by atoms with Gasteiger partial charge in [0.25, 0.3) is 0 Å². The molecule has 0 saturated carbocycles. The van der Waals surface area contributed by atoms with Crippen molar-refractivity contribution in [3.05, 3.63) is 21.8 Å². The van der Waals surface area contributed by atoms with Crippen molar-refractivity contribution in [2.45, 2.75) is 32.7 Å². The number of anilines is 2. The van der Waals surface area contributed by atoms with E-state index in [0.29, 0.717) is 28.9 Å². The van der Waals surface area contributed by atoms with E-state index < -0.39 is 0 Å². The lowest BCUT2D eigenvalue weighted by Gasteiger charge is -2.24. The Hall–Kier alpha value is -2.07. The Morgan fingerprint density at radius 1 is 1.50 bits per heavy atom. The van der Waals surface area contributed by atoms with Crippen LogP contribution >= 0.6 is 11.3 Å². The normalized spacial score (nSPS) is 14.4. The number of rotatable bonds is 2. The monoisotopic (exact) mass is 289 g/mol. The summed E-state index contributed by atoms with van der Waals surface area (Å²) in [7, 11) is 0. The van der Waals surface area contributed by atoms with Gasteiger partial charge in [0.2, 0.25) is 0 Å². The van der Waals surface area contributed by atoms with Crippen molar-refractivity contribution in [2.24, 2.45) is 0 Å². The summed E-state index contributed by atoms with van der Waals surface area (Å²) in [6, 6.07) is 2.74. The molecule has 3 rings (SSSR count). The summed E-state index contributed by atoms with van der Waals surface area (Å²) < 4.78 is 5.32. The lowest BCUT2D eigenvalue weighted by Crippen LogP contribution is -2.29. The first kappa shape index (κ1) is 12.9. The zero-order valence-electron chi connectivity index (χ0n) is 11.4. The molecule has 104 valence electrons. The molecule has 0 fully saturated rings. The Kier molecular flexibility index (Phi) is 3.10. The molecule has 0 bridgehead atoms. The van der Waals surface area contributed by atoms with Crippen molar-refractivity contribution >= 4 is 22.4 Å². The molecule has 1 aliphatic heterocycles. The molecule has 0 aliphatic carbocycles. The van der Waals surface area contributed by atoms with Gasteiger partial charge in [-0.05, 0) is 12.0 Å². The van der Waals surface area contributed by atoms with E-state index in [0.717, 1.165) is 23.4 Å². The smallest absolute Gasteiger partial charge is 0.324 e. The minimum Gasteiger partial charge on any atom is -0.389 e. The van der Waals surface area contributed by atoms with Crippen LogP contribution in [0.2, 0.25) is 0 Å². The maximum atomic E-state index is 9.13. The molecule has 20 heavy (non-hydrogen) atoms. The third kappa shape index (κ3) is 2.02. The van der Waals surface area contributed by atoms with E-state index in [1.807, 2.05) is 18.7 Å². The van der Waals surface area contributed by atoms with Crippen LogP contribution in [0.5, 0.6) is 0 Å². The predicted octanol–water partition coefficient (Wildman–Crippen LogP) is 2.27. The molecule has 1 aliphatic rings. The van der Waals surface area contributed by atoms with Crippen molar-refractivity contribution in [3.63, 3.8) is 0 Å². The van der Waals surface area contributed by atoms with Gasteiger partial charge in [-0.15, -0.1) is 11.3 Å². The van der Waals surface area contributed by atoms with Crippen LogP contribution in [-0.4, -0.2) is 16.7 Å². The standard InChI is InChI=1S/C13H15N5OS/c1-7(2)12-16-13(19-17-12)18-4-3-8-9(5-14)11(15)20-10(8)6-18/h7H,3-4,6,15H2,1-2H3. The summed E-state index contributed by atoms with van der Waals surface area (Å²) in [6.45, 7) is 5.49. The number of nitrogen functional groups attached to an aromatic ring is 1. The molecule has 0 saturated heterocycles. The van der Waals surface area contributed by atoms with Crippen LogP contribution in [0.15, 0.2) is 4.52 Å². The highest BCUT2D eigenvalue weighted by Crippen LogP contribution is 2.35. The zero-order valence-corrected chi connectivity index (χ0v) is 12.2. The molecule has 7 heteroatoms. The molecule has 0 aromatic carbocycles. The molecule has 0 unspecified atom stereocenters. The third-order valence-electron chi connectivity index (χ3n) is 3.41. The van der Waals surface area contributed by atoms with E-state index in [-0.39, 0.29) is 5.92 Å². The van der Waals surface area contributed by atoms with E-state index in [1.165, 1.54) is 11.3 Å². The van der Waals surface area contributed by atoms with Crippen LogP contribution in [0.4, 0.5) is 11.0 Å². The summed E-state index contributed by atoms with van der Waals surface area (Å²) in [4.78, 5) is 7.57. The van der Waals surface area contributed by atoms with Crippen molar-refractivity contribution in [1.29, 1.82) is 5.26 Å². The van der Waals surface area contributed by atoms with Gasteiger partial charge in [0.15, 0.2) is 5.82 Å². The number of hydrogen-bond donors (Lipinski definition) is 1. The average molecular weight is 289 g/mol. The minimum atomic E-state index is 0.246. The summed E-state index contributed by atoms with van der Waals surface area (Å²) in [5.74, 6) is 0.963. The van der Waals surface area contributed by atoms with Gasteiger partial charge in [-0.1, -0.05) is 19.0 Å². The fraction of sp³-hybridized carbons (Fsp3) is 0.462. The molecule has 2 aromatic heterocycles. The molecule has 3 heterocycles. The molecular formula is C13H15N5OS. The number of aromatic nitrogens is 2. The maximum Gasteiger partial charge on any atom is 0.324 e. The number of nitriles is 1. The van der Waals surface area contributed by atoms with Gasteiger partial charge in [-0.2, -0.15) is 10.2 Å². The largest absolute Gasteiger partial charge is 0.389 e. The van der Waals surface area contributed by atoms with Gasteiger partial charge in [-0.25, -0.2) is 0 Å². The molecule has 2 aromatic rings. The first-order valence-electron chi connectivity index (χ1n) is 6.48. The molecular weight excluding hydrogens is 274 g/mol. The fourth-order valence-electron chi connectivity index (χ4n) is 2.30. The number of thiophene rings is 1. The topological polar surface area (TPSA) is 92.0 Å². The van der Waals surface area contributed by atoms with Gasteiger partial charge < -0.3 is 15.2 Å². The second kappa shape index (κ2) is 4.80. The van der Waals surface area contributed by atoms with Gasteiger partial charge in [-0.3, -0.25) is 0 Å². The zero-order chi connectivity index (χ0) is 14.3. The number of hydrogen-bond acceptors (Lipinski definition) is 7. The summed E-state index contributed by atoms with van der Waals surface area (Å²) in [6.07, 6.45) is 0.783. The van der Waals surface area contributed by atoms with Crippen molar-refractivity contribution in [1.82, 2.24) is 10.1 Å². The van der Waals surface area contributed by atoms with E-state index >= 15 is 0 Å². The Balaban J connectivity index is 1.87. The van der Waals surface area contributed by atoms with Gasteiger partial charge >= 0.3 is 6.01 Å². The fourth-order valence-corrected chi connectivity index (χ4v) is 3.38. The lowest BCUT2D eigenvalue weighted by molar-refractivity contribution is 0.401. The van der Waals surface area contributed by atoms with Crippen LogP contribution in [-0.2, 0) is 13.0 Å². The Labute approximate surface area is 120 Å². The highest BCUT2D eigenvalue weighted by atomic mass is 32.1. The molecule has 6 nitrogen and oxygen atoms in total. The van der Waals surface area contributed by atoms with Gasteiger partial charge in [0.05, 0.1) is 12.1 Å². The van der Waals surface area contributed by atoms with Crippen molar-refractivity contribution in [2.75, 3.05) is 17.2 Å². The van der Waals surface area contributed by atoms with Gasteiger partial charge in [0.1, 0.15) is 11.1 Å². The van der Waals surface area contributed by atoms with Crippen LogP contribution in [0.25, 0.3) is 0 Å². The Morgan fingerprint density at radius 3 is 2.95 bits per heavy atom. The predicted molar refractivity (Wildman–Crippen MR) is 76.6 cm³/mol. The van der Waals surface area contributed by atoms with Crippen LogP contribution < -0.4 is 10.6 Å². The highest BCUT2D eigenvalue weighted by molar-refractivity contribution is 7.16. The Morgan fingerprint density at radius 2 is 2.30 bits per heavy atom. The summed E-state index contributed by atoms with van der Waals surface area (Å²) in [5.41, 5.74) is 7.60. The number of nitrogens with zero attached hydrogens (tertiary/aromatic N) is 4. The molecule has 0 atom stereocenters. The second-order valence-corrected chi connectivity index (χ2v) is 6.25. The third-order valence-corrected chi connectivity index (χ3v) is 4.46. The van der Waals surface area contributed by atoms with E-state index in [2.05, 4.69) is 16.2 Å². The molecule has 2 N–H and O–H groups in total. The van der Waals surface area contributed by atoms with E-state index in [1.54, 1.807) is 0 Å². The maximum absolute atomic E-state index is 9.13. The lowest BCUT2D eigenvalue weighted by atomic mass is 10.0. The SMILES string of the molecule is CC(C)c1noc(N2CCc3c(sc(N)c3C#N)C2)n1. The first-order chi connectivity index (χ1) is 9.60.